The first-order chi connectivity index (χ1) is 11.5. The smallest absolute Gasteiger partial charge is 0.311 e. The Bertz CT molecular complexity index is 835. The maximum absolute atomic E-state index is 13.3. The lowest BCUT2D eigenvalue weighted by atomic mass is 9.74. The van der Waals surface area contributed by atoms with Crippen molar-refractivity contribution >= 4 is 33.3 Å². The number of hydrogen-bond donors (Lipinski definition) is 1. The summed E-state index contributed by atoms with van der Waals surface area (Å²) in [6, 6.07) is 6.10. The van der Waals surface area contributed by atoms with Gasteiger partial charge in [0.25, 0.3) is 5.91 Å². The number of carboxylic acids is 1. The summed E-state index contributed by atoms with van der Waals surface area (Å²) < 4.78 is 19.6. The molecular weight excluding hydrogens is 333 g/mol. The van der Waals surface area contributed by atoms with Crippen molar-refractivity contribution in [3.8, 4) is 0 Å². The second-order valence-electron chi connectivity index (χ2n) is 6.46. The third-order valence-corrected chi connectivity index (χ3v) is 6.21. The van der Waals surface area contributed by atoms with Crippen molar-refractivity contribution in [3.05, 3.63) is 35.0 Å². The van der Waals surface area contributed by atoms with Crippen LogP contribution in [0.3, 0.4) is 0 Å². The third kappa shape index (κ3) is 2.31. The third-order valence-electron chi connectivity index (χ3n) is 5.11. The Morgan fingerprint density at radius 1 is 1.38 bits per heavy atom. The van der Waals surface area contributed by atoms with E-state index in [1.807, 2.05) is 0 Å². The van der Waals surface area contributed by atoms with E-state index >= 15 is 0 Å². The van der Waals surface area contributed by atoms with Gasteiger partial charge in [-0.05, 0) is 36.1 Å². The van der Waals surface area contributed by atoms with Gasteiger partial charge in [0.2, 0.25) is 0 Å². The molecule has 2 fully saturated rings. The highest BCUT2D eigenvalue weighted by molar-refractivity contribution is 7.20. The summed E-state index contributed by atoms with van der Waals surface area (Å²) in [7, 11) is 0. The second kappa shape index (κ2) is 5.53. The van der Waals surface area contributed by atoms with Crippen LogP contribution in [0.15, 0.2) is 24.3 Å². The largest absolute Gasteiger partial charge is 0.481 e. The van der Waals surface area contributed by atoms with E-state index in [0.717, 1.165) is 4.70 Å². The van der Waals surface area contributed by atoms with Gasteiger partial charge in [-0.2, -0.15) is 0 Å². The molecule has 1 N–H and O–H groups in total. The molecule has 0 aliphatic carbocycles. The molecule has 126 valence electrons. The van der Waals surface area contributed by atoms with E-state index in [4.69, 9.17) is 4.74 Å². The minimum Gasteiger partial charge on any atom is -0.481 e. The van der Waals surface area contributed by atoms with Crippen LogP contribution in [0.25, 0.3) is 10.1 Å². The number of rotatable bonds is 2. The number of amides is 1. The Morgan fingerprint density at radius 2 is 2.21 bits per heavy atom. The Labute approximate surface area is 141 Å². The average molecular weight is 349 g/mol. The van der Waals surface area contributed by atoms with Crippen LogP contribution in [0, 0.1) is 17.2 Å². The van der Waals surface area contributed by atoms with E-state index in [1.165, 1.54) is 23.5 Å². The standard InChI is InChI=1S/C17H16FNO4S/c18-12-1-2-13-10(5-12)6-14(24-13)15(20)19-7-11-8-23-4-3-17(11,9-19)16(21)22/h1-2,5-6,11H,3-4,7-9H2,(H,21,22)/t11-,17+/m0/s1. The molecule has 2 aliphatic rings. The van der Waals surface area contributed by atoms with Crippen LogP contribution in [0.5, 0.6) is 0 Å². The molecule has 2 atom stereocenters. The van der Waals surface area contributed by atoms with E-state index in [0.29, 0.717) is 36.4 Å². The monoisotopic (exact) mass is 349 g/mol. The first-order valence-corrected chi connectivity index (χ1v) is 8.61. The highest BCUT2D eigenvalue weighted by atomic mass is 32.1. The van der Waals surface area contributed by atoms with Crippen molar-refractivity contribution in [2.24, 2.45) is 11.3 Å². The van der Waals surface area contributed by atoms with Crippen LogP contribution in [-0.2, 0) is 9.53 Å². The molecule has 24 heavy (non-hydrogen) atoms. The number of carbonyl (C=O) groups excluding carboxylic acids is 1. The molecule has 0 bridgehead atoms. The zero-order chi connectivity index (χ0) is 16.9. The molecule has 2 saturated heterocycles. The molecule has 5 nitrogen and oxygen atoms in total. The molecular formula is C17H16FNO4S. The molecule has 1 aromatic heterocycles. The fourth-order valence-electron chi connectivity index (χ4n) is 3.73. The summed E-state index contributed by atoms with van der Waals surface area (Å²) in [6.07, 6.45) is 0.425. The van der Waals surface area contributed by atoms with Crippen molar-refractivity contribution in [2.75, 3.05) is 26.3 Å². The number of ether oxygens (including phenoxy) is 1. The fourth-order valence-corrected chi connectivity index (χ4v) is 4.74. The van der Waals surface area contributed by atoms with E-state index < -0.39 is 11.4 Å². The molecule has 2 aromatic rings. The molecule has 3 heterocycles. The van der Waals surface area contributed by atoms with Gasteiger partial charge in [-0.15, -0.1) is 11.3 Å². The molecule has 0 radical (unpaired) electrons. The number of nitrogens with zero attached hydrogens (tertiary/aromatic N) is 1. The molecule has 0 spiro atoms. The lowest BCUT2D eigenvalue weighted by Crippen LogP contribution is -2.45. The van der Waals surface area contributed by atoms with E-state index in [-0.39, 0.29) is 24.2 Å². The highest BCUT2D eigenvalue weighted by Crippen LogP contribution is 2.43. The van der Waals surface area contributed by atoms with Crippen LogP contribution >= 0.6 is 11.3 Å². The predicted octanol–water partition coefficient (Wildman–Crippen LogP) is 2.60. The number of thiophene rings is 1. The zero-order valence-electron chi connectivity index (χ0n) is 12.8. The van der Waals surface area contributed by atoms with Crippen LogP contribution in [0.2, 0.25) is 0 Å². The van der Waals surface area contributed by atoms with Crippen molar-refractivity contribution in [1.82, 2.24) is 4.90 Å². The minimum absolute atomic E-state index is 0.181. The van der Waals surface area contributed by atoms with Gasteiger partial charge in [0.05, 0.1) is 16.9 Å². The maximum Gasteiger partial charge on any atom is 0.311 e. The van der Waals surface area contributed by atoms with Crippen molar-refractivity contribution < 1.29 is 23.8 Å². The van der Waals surface area contributed by atoms with E-state index in [9.17, 15) is 19.1 Å². The van der Waals surface area contributed by atoms with Crippen molar-refractivity contribution in [1.29, 1.82) is 0 Å². The number of hydrogen-bond acceptors (Lipinski definition) is 4. The van der Waals surface area contributed by atoms with Gasteiger partial charge >= 0.3 is 5.97 Å². The Balaban J connectivity index is 1.63. The highest BCUT2D eigenvalue weighted by Gasteiger charge is 2.55. The van der Waals surface area contributed by atoms with E-state index in [1.54, 1.807) is 17.0 Å². The quantitative estimate of drug-likeness (QED) is 0.905. The van der Waals surface area contributed by atoms with Gasteiger partial charge in [-0.1, -0.05) is 0 Å². The van der Waals surface area contributed by atoms with Gasteiger partial charge in [0.15, 0.2) is 0 Å². The van der Waals surface area contributed by atoms with Crippen LogP contribution < -0.4 is 0 Å². The summed E-state index contributed by atoms with van der Waals surface area (Å²) in [5.41, 5.74) is -0.906. The number of halogens is 1. The number of fused-ring (bicyclic) bond motifs is 2. The number of carboxylic acid groups (broad SMARTS) is 1. The Morgan fingerprint density at radius 3 is 2.96 bits per heavy atom. The fraction of sp³-hybridized carbons (Fsp3) is 0.412. The number of carbonyl (C=O) groups is 2. The van der Waals surface area contributed by atoms with E-state index in [2.05, 4.69) is 0 Å². The predicted molar refractivity (Wildman–Crippen MR) is 86.7 cm³/mol. The first kappa shape index (κ1) is 15.5. The average Bonchev–Trinajstić information content (AvgIpc) is 3.15. The molecule has 2 aliphatic heterocycles. The number of benzene rings is 1. The summed E-state index contributed by atoms with van der Waals surface area (Å²) in [5, 5.41) is 10.4. The van der Waals surface area contributed by atoms with Crippen LogP contribution in [0.1, 0.15) is 16.1 Å². The van der Waals surface area contributed by atoms with Crippen molar-refractivity contribution in [2.45, 2.75) is 6.42 Å². The van der Waals surface area contributed by atoms with Gasteiger partial charge in [0.1, 0.15) is 5.82 Å². The number of likely N-dealkylation sites (tertiary alicyclic amines) is 1. The first-order valence-electron chi connectivity index (χ1n) is 7.79. The zero-order valence-corrected chi connectivity index (χ0v) is 13.6. The molecule has 0 unspecified atom stereocenters. The molecule has 0 saturated carbocycles. The van der Waals surface area contributed by atoms with Gasteiger partial charge in [0, 0.05) is 30.3 Å². The van der Waals surface area contributed by atoms with Gasteiger partial charge in [-0.25, -0.2) is 4.39 Å². The summed E-state index contributed by atoms with van der Waals surface area (Å²) in [4.78, 5) is 26.7. The molecule has 7 heteroatoms. The van der Waals surface area contributed by atoms with Crippen molar-refractivity contribution in [3.63, 3.8) is 0 Å². The lowest BCUT2D eigenvalue weighted by molar-refractivity contribution is -0.157. The topological polar surface area (TPSA) is 66.8 Å². The molecule has 4 rings (SSSR count). The normalized spacial score (nSPS) is 26.5. The second-order valence-corrected chi connectivity index (χ2v) is 7.55. The maximum atomic E-state index is 13.3. The molecule has 1 amide bonds. The van der Waals surface area contributed by atoms with Crippen LogP contribution in [0.4, 0.5) is 4.39 Å². The molecule has 1 aromatic carbocycles. The Hall–Kier alpha value is -1.99. The SMILES string of the molecule is O=C(c1cc2cc(F)ccc2s1)N1C[C@H]2COCC[C@@]2(C(=O)O)C1. The Kier molecular flexibility index (Phi) is 3.58. The summed E-state index contributed by atoms with van der Waals surface area (Å²) in [5.74, 6) is -1.57. The van der Waals surface area contributed by atoms with Crippen LogP contribution in [-0.4, -0.2) is 48.2 Å². The summed E-state index contributed by atoms with van der Waals surface area (Å²) in [6.45, 7) is 1.37. The van der Waals surface area contributed by atoms with Gasteiger partial charge < -0.3 is 14.7 Å². The number of aliphatic carboxylic acids is 1. The van der Waals surface area contributed by atoms with Gasteiger partial charge in [-0.3, -0.25) is 9.59 Å². The summed E-state index contributed by atoms with van der Waals surface area (Å²) >= 11 is 1.30. The lowest BCUT2D eigenvalue weighted by Gasteiger charge is -2.33. The minimum atomic E-state index is -0.906.